The molecule has 0 radical (unpaired) electrons. The minimum absolute atomic E-state index is 0.344. The molecule has 2 atom stereocenters. The van der Waals surface area contributed by atoms with Crippen molar-refractivity contribution in [2.75, 3.05) is 5.73 Å². The van der Waals surface area contributed by atoms with Gasteiger partial charge in [-0.05, 0) is 18.6 Å². The van der Waals surface area contributed by atoms with Crippen molar-refractivity contribution in [2.45, 2.75) is 25.6 Å². The average molecular weight is 225 g/mol. The van der Waals surface area contributed by atoms with Gasteiger partial charge in [0.15, 0.2) is 0 Å². The number of carboxylic acid groups (broad SMARTS) is 1. The van der Waals surface area contributed by atoms with Crippen LogP contribution < -0.4 is 5.73 Å². The fourth-order valence-electron chi connectivity index (χ4n) is 1.46. The third-order valence-electron chi connectivity index (χ3n) is 2.31. The predicted molar refractivity (Wildman–Crippen MR) is 58.8 cm³/mol. The third kappa shape index (κ3) is 2.95. The molecule has 0 bridgehead atoms. The topological polar surface area (TPSA) is 104 Å². The van der Waals surface area contributed by atoms with E-state index in [0.29, 0.717) is 11.3 Å². The van der Waals surface area contributed by atoms with E-state index in [1.54, 1.807) is 18.2 Å². The predicted octanol–water partition coefficient (Wildman–Crippen LogP) is 0.446. The molecular weight excluding hydrogens is 210 g/mol. The number of hydrogen-bond acceptors (Lipinski definition) is 4. The zero-order chi connectivity index (χ0) is 12.3. The summed E-state index contributed by atoms with van der Waals surface area (Å²) in [5.74, 6) is -1.17. The first-order valence-electron chi connectivity index (χ1n) is 4.85. The molecule has 0 heterocycles. The maximum atomic E-state index is 10.4. The van der Waals surface area contributed by atoms with Crippen LogP contribution in [0.15, 0.2) is 18.2 Å². The van der Waals surface area contributed by atoms with Gasteiger partial charge in [0, 0.05) is 11.3 Å². The average Bonchev–Trinajstić information content (AvgIpc) is 2.15. The van der Waals surface area contributed by atoms with Crippen LogP contribution in [0.3, 0.4) is 0 Å². The zero-order valence-corrected chi connectivity index (χ0v) is 8.92. The Hall–Kier alpha value is -1.59. The number of nitrogens with two attached hydrogens (primary N) is 1. The molecule has 5 heteroatoms. The second-order valence-corrected chi connectivity index (χ2v) is 3.74. The summed E-state index contributed by atoms with van der Waals surface area (Å²) in [4.78, 5) is 10.4. The molecule has 0 aromatic heterocycles. The lowest BCUT2D eigenvalue weighted by Crippen LogP contribution is -2.22. The quantitative estimate of drug-likeness (QED) is 0.557. The summed E-state index contributed by atoms with van der Waals surface area (Å²) >= 11 is 0. The van der Waals surface area contributed by atoms with Gasteiger partial charge in [0.25, 0.3) is 0 Å². The second-order valence-electron chi connectivity index (χ2n) is 3.74. The highest BCUT2D eigenvalue weighted by molar-refractivity contribution is 5.67. The first-order valence-corrected chi connectivity index (χ1v) is 4.85. The van der Waals surface area contributed by atoms with Crippen LogP contribution in [0.5, 0.6) is 0 Å². The van der Waals surface area contributed by atoms with Gasteiger partial charge in [-0.15, -0.1) is 0 Å². The van der Waals surface area contributed by atoms with Crippen LogP contribution in [0.25, 0.3) is 0 Å². The number of aliphatic carboxylic acids is 1. The van der Waals surface area contributed by atoms with Crippen molar-refractivity contribution in [2.24, 2.45) is 0 Å². The van der Waals surface area contributed by atoms with E-state index < -0.39 is 24.6 Å². The third-order valence-corrected chi connectivity index (χ3v) is 2.31. The summed E-state index contributed by atoms with van der Waals surface area (Å²) in [5, 5.41) is 27.7. The van der Waals surface area contributed by atoms with E-state index in [4.69, 9.17) is 10.8 Å². The van der Waals surface area contributed by atoms with Crippen LogP contribution in [0.1, 0.15) is 23.7 Å². The van der Waals surface area contributed by atoms with Crippen LogP contribution in [-0.4, -0.2) is 27.4 Å². The Balaban J connectivity index is 2.87. The number of rotatable bonds is 4. The number of carboxylic acids is 1. The Morgan fingerprint density at radius 3 is 2.56 bits per heavy atom. The summed E-state index contributed by atoms with van der Waals surface area (Å²) in [6.07, 6.45) is -3.16. The van der Waals surface area contributed by atoms with Crippen molar-refractivity contribution >= 4 is 11.7 Å². The lowest BCUT2D eigenvalue weighted by molar-refractivity contribution is -0.141. The van der Waals surface area contributed by atoms with Gasteiger partial charge < -0.3 is 21.1 Å². The maximum absolute atomic E-state index is 10.4. The molecule has 2 unspecified atom stereocenters. The van der Waals surface area contributed by atoms with Crippen molar-refractivity contribution in [1.29, 1.82) is 0 Å². The minimum atomic E-state index is -1.36. The van der Waals surface area contributed by atoms with E-state index in [1.165, 1.54) is 0 Å². The summed E-state index contributed by atoms with van der Waals surface area (Å²) in [6.45, 7) is 1.85. The molecule has 0 spiro atoms. The van der Waals surface area contributed by atoms with Gasteiger partial charge in [-0.1, -0.05) is 12.1 Å². The van der Waals surface area contributed by atoms with E-state index in [2.05, 4.69) is 0 Å². The minimum Gasteiger partial charge on any atom is -0.481 e. The van der Waals surface area contributed by atoms with Crippen molar-refractivity contribution in [1.82, 2.24) is 0 Å². The Kier molecular flexibility index (Phi) is 3.87. The van der Waals surface area contributed by atoms with Gasteiger partial charge >= 0.3 is 5.97 Å². The van der Waals surface area contributed by atoms with Gasteiger partial charge in [-0.2, -0.15) is 0 Å². The highest BCUT2D eigenvalue weighted by Crippen LogP contribution is 2.25. The summed E-state index contributed by atoms with van der Waals surface area (Å²) in [6, 6.07) is 4.98. The summed E-state index contributed by atoms with van der Waals surface area (Å²) in [7, 11) is 0. The second kappa shape index (κ2) is 4.96. The molecule has 16 heavy (non-hydrogen) atoms. The van der Waals surface area contributed by atoms with Crippen LogP contribution in [0.4, 0.5) is 5.69 Å². The Labute approximate surface area is 93.1 Å². The number of carbonyl (C=O) groups is 1. The molecule has 0 aliphatic rings. The molecule has 1 aromatic rings. The first kappa shape index (κ1) is 12.5. The SMILES string of the molecule is Cc1ccc(C(O)C(O)CC(=O)O)c(N)c1. The normalized spacial score (nSPS) is 14.4. The van der Waals surface area contributed by atoms with Crippen molar-refractivity contribution in [3.63, 3.8) is 0 Å². The molecule has 0 aliphatic heterocycles. The van der Waals surface area contributed by atoms with E-state index >= 15 is 0 Å². The molecule has 5 N–H and O–H groups in total. The first-order chi connectivity index (χ1) is 7.41. The molecule has 0 amide bonds. The Morgan fingerprint density at radius 1 is 1.44 bits per heavy atom. The fraction of sp³-hybridized carbons (Fsp3) is 0.364. The Morgan fingerprint density at radius 2 is 2.06 bits per heavy atom. The molecule has 5 nitrogen and oxygen atoms in total. The van der Waals surface area contributed by atoms with Crippen LogP contribution >= 0.6 is 0 Å². The number of aliphatic hydroxyl groups excluding tert-OH is 2. The van der Waals surface area contributed by atoms with Gasteiger partial charge in [0.1, 0.15) is 6.10 Å². The van der Waals surface area contributed by atoms with E-state index in [-0.39, 0.29) is 0 Å². The van der Waals surface area contributed by atoms with Gasteiger partial charge in [-0.25, -0.2) is 0 Å². The standard InChI is InChI=1S/C11H15NO4/c1-6-2-3-7(8(12)4-6)11(16)9(13)5-10(14)15/h2-4,9,11,13,16H,5,12H2,1H3,(H,14,15). The maximum Gasteiger partial charge on any atom is 0.306 e. The van der Waals surface area contributed by atoms with E-state index in [9.17, 15) is 15.0 Å². The zero-order valence-electron chi connectivity index (χ0n) is 8.92. The number of nitrogen functional groups attached to an aromatic ring is 1. The molecule has 0 aliphatic carbocycles. The monoisotopic (exact) mass is 225 g/mol. The number of benzene rings is 1. The molecule has 88 valence electrons. The Bertz CT molecular complexity index is 392. The van der Waals surface area contributed by atoms with Gasteiger partial charge in [0.2, 0.25) is 0 Å². The van der Waals surface area contributed by atoms with E-state index in [0.717, 1.165) is 5.56 Å². The summed E-state index contributed by atoms with van der Waals surface area (Å²) in [5.41, 5.74) is 7.30. The lowest BCUT2D eigenvalue weighted by Gasteiger charge is -2.18. The van der Waals surface area contributed by atoms with Crippen LogP contribution in [0.2, 0.25) is 0 Å². The number of anilines is 1. The van der Waals surface area contributed by atoms with Crippen LogP contribution in [-0.2, 0) is 4.79 Å². The molecular formula is C11H15NO4. The van der Waals surface area contributed by atoms with E-state index in [1.807, 2.05) is 6.92 Å². The number of aryl methyl sites for hydroxylation is 1. The number of aliphatic hydroxyl groups is 2. The summed E-state index contributed by atoms with van der Waals surface area (Å²) < 4.78 is 0. The van der Waals surface area contributed by atoms with Crippen molar-refractivity contribution in [3.8, 4) is 0 Å². The molecule has 0 fully saturated rings. The molecule has 1 rings (SSSR count). The fourth-order valence-corrected chi connectivity index (χ4v) is 1.46. The van der Waals surface area contributed by atoms with Crippen LogP contribution in [0, 0.1) is 6.92 Å². The van der Waals surface area contributed by atoms with Gasteiger partial charge in [0.05, 0.1) is 12.5 Å². The van der Waals surface area contributed by atoms with Crippen molar-refractivity contribution in [3.05, 3.63) is 29.3 Å². The molecule has 1 aromatic carbocycles. The number of hydrogen-bond donors (Lipinski definition) is 4. The molecule has 0 saturated heterocycles. The van der Waals surface area contributed by atoms with Gasteiger partial charge in [-0.3, -0.25) is 4.79 Å². The highest BCUT2D eigenvalue weighted by atomic mass is 16.4. The highest BCUT2D eigenvalue weighted by Gasteiger charge is 2.22. The smallest absolute Gasteiger partial charge is 0.306 e. The van der Waals surface area contributed by atoms with Crippen molar-refractivity contribution < 1.29 is 20.1 Å². The largest absolute Gasteiger partial charge is 0.481 e. The molecule has 0 saturated carbocycles. The lowest BCUT2D eigenvalue weighted by atomic mass is 9.99.